The number of hydrogen-bond donors (Lipinski definition) is 3. The molecule has 8 heteroatoms. The number of halogens is 2. The summed E-state index contributed by atoms with van der Waals surface area (Å²) in [7, 11) is 1.59. The van der Waals surface area contributed by atoms with Gasteiger partial charge in [0.05, 0.1) is 7.11 Å². The van der Waals surface area contributed by atoms with Gasteiger partial charge >= 0.3 is 0 Å². The first kappa shape index (κ1) is 24.7. The van der Waals surface area contributed by atoms with Gasteiger partial charge in [0.15, 0.2) is 11.6 Å². The molecule has 3 rings (SSSR count). The Balaban J connectivity index is 1.63. The first-order valence-corrected chi connectivity index (χ1v) is 10.8. The zero-order chi connectivity index (χ0) is 24.5. The second kappa shape index (κ2) is 11.8. The van der Waals surface area contributed by atoms with Crippen LogP contribution in [0.5, 0.6) is 5.75 Å². The van der Waals surface area contributed by atoms with Crippen molar-refractivity contribution in [1.82, 2.24) is 10.6 Å². The van der Waals surface area contributed by atoms with Gasteiger partial charge in [0.2, 0.25) is 5.91 Å². The van der Waals surface area contributed by atoms with Gasteiger partial charge in [-0.2, -0.15) is 0 Å². The van der Waals surface area contributed by atoms with Crippen LogP contribution in [0.1, 0.15) is 21.5 Å². The summed E-state index contributed by atoms with van der Waals surface area (Å²) in [6.45, 7) is 2.60. The lowest BCUT2D eigenvalue weighted by Gasteiger charge is -2.19. The van der Waals surface area contributed by atoms with E-state index in [9.17, 15) is 18.4 Å². The van der Waals surface area contributed by atoms with Crippen molar-refractivity contribution in [3.63, 3.8) is 0 Å². The number of methoxy groups -OCH3 is 1. The Labute approximate surface area is 197 Å². The highest BCUT2D eigenvalue weighted by Crippen LogP contribution is 2.15. The molecule has 34 heavy (non-hydrogen) atoms. The van der Waals surface area contributed by atoms with Crippen molar-refractivity contribution in [1.29, 1.82) is 0 Å². The molecular weight excluding hydrogens is 440 g/mol. The van der Waals surface area contributed by atoms with Crippen LogP contribution >= 0.6 is 0 Å². The van der Waals surface area contributed by atoms with Crippen LogP contribution in [0.4, 0.5) is 14.5 Å². The molecular formula is C26H27F2N3O3. The summed E-state index contributed by atoms with van der Waals surface area (Å²) < 4.78 is 32.1. The predicted octanol–water partition coefficient (Wildman–Crippen LogP) is 3.85. The fourth-order valence-electron chi connectivity index (χ4n) is 3.36. The Kier molecular flexibility index (Phi) is 8.56. The molecule has 3 N–H and O–H groups in total. The topological polar surface area (TPSA) is 79.5 Å². The molecule has 6 nitrogen and oxygen atoms in total. The minimum atomic E-state index is -1.01. The van der Waals surface area contributed by atoms with Crippen molar-refractivity contribution >= 4 is 17.5 Å². The quantitative estimate of drug-likeness (QED) is 0.396. The average Bonchev–Trinajstić information content (AvgIpc) is 2.84. The monoisotopic (exact) mass is 467 g/mol. The molecule has 0 heterocycles. The second-order valence-electron chi connectivity index (χ2n) is 7.79. The maximum absolute atomic E-state index is 13.7. The standard InChI is InChI=1S/C26H27F2N3O3/c1-17-4-3-5-19(14-17)25(32)31-24(16-18-6-11-22(27)23(28)15-18)26(33)30-13-12-29-20-7-9-21(34-2)10-8-20/h3-11,14-15,24,29H,12-13,16H2,1-2H3,(H,30,33)(H,31,32)/t24-/m0/s1. The van der Waals surface area contributed by atoms with Crippen LogP contribution in [0.15, 0.2) is 66.7 Å². The molecule has 0 radical (unpaired) electrons. The molecule has 0 aliphatic carbocycles. The number of benzene rings is 3. The van der Waals surface area contributed by atoms with Gasteiger partial charge in [-0.05, 0) is 61.0 Å². The van der Waals surface area contributed by atoms with Crippen molar-refractivity contribution in [2.75, 3.05) is 25.5 Å². The number of aryl methyl sites for hydroxylation is 1. The summed E-state index contributed by atoms with van der Waals surface area (Å²) in [6.07, 6.45) is 0.00645. The molecule has 1 atom stereocenters. The highest BCUT2D eigenvalue weighted by molar-refractivity contribution is 5.97. The van der Waals surface area contributed by atoms with E-state index >= 15 is 0 Å². The van der Waals surface area contributed by atoms with Gasteiger partial charge in [0.25, 0.3) is 5.91 Å². The highest BCUT2D eigenvalue weighted by atomic mass is 19.2. The van der Waals surface area contributed by atoms with Gasteiger partial charge in [-0.15, -0.1) is 0 Å². The lowest BCUT2D eigenvalue weighted by molar-refractivity contribution is -0.122. The molecule has 178 valence electrons. The number of ether oxygens (including phenoxy) is 1. The Morgan fingerprint density at radius 2 is 1.71 bits per heavy atom. The van der Waals surface area contributed by atoms with Gasteiger partial charge in [0, 0.05) is 30.8 Å². The molecule has 0 unspecified atom stereocenters. The number of carbonyl (C=O) groups is 2. The highest BCUT2D eigenvalue weighted by Gasteiger charge is 2.22. The van der Waals surface area contributed by atoms with E-state index < -0.39 is 29.5 Å². The molecule has 3 aromatic rings. The van der Waals surface area contributed by atoms with Crippen molar-refractivity contribution < 1.29 is 23.1 Å². The molecule has 0 aliphatic rings. The first-order chi connectivity index (χ1) is 16.4. The number of carbonyl (C=O) groups excluding carboxylic acids is 2. The maximum Gasteiger partial charge on any atom is 0.251 e. The largest absolute Gasteiger partial charge is 0.497 e. The normalized spacial score (nSPS) is 11.4. The van der Waals surface area contributed by atoms with Crippen LogP contribution in [-0.2, 0) is 11.2 Å². The van der Waals surface area contributed by atoms with Gasteiger partial charge in [-0.1, -0.05) is 23.8 Å². The van der Waals surface area contributed by atoms with E-state index in [1.807, 2.05) is 37.3 Å². The van der Waals surface area contributed by atoms with E-state index in [-0.39, 0.29) is 6.42 Å². The molecule has 0 aromatic heterocycles. The molecule has 0 saturated carbocycles. The number of amides is 2. The predicted molar refractivity (Wildman–Crippen MR) is 127 cm³/mol. The van der Waals surface area contributed by atoms with Crippen LogP contribution in [0.3, 0.4) is 0 Å². The Morgan fingerprint density at radius 3 is 2.38 bits per heavy atom. The fourth-order valence-corrected chi connectivity index (χ4v) is 3.36. The summed E-state index contributed by atoms with van der Waals surface area (Å²) >= 11 is 0. The third kappa shape index (κ3) is 7.03. The molecule has 0 spiro atoms. The molecule has 3 aromatic carbocycles. The Hall–Kier alpha value is -3.94. The van der Waals surface area contributed by atoms with Gasteiger partial charge in [0.1, 0.15) is 11.8 Å². The Morgan fingerprint density at radius 1 is 0.941 bits per heavy atom. The van der Waals surface area contributed by atoms with E-state index in [0.717, 1.165) is 29.1 Å². The summed E-state index contributed by atoms with van der Waals surface area (Å²) in [4.78, 5) is 25.6. The summed E-state index contributed by atoms with van der Waals surface area (Å²) in [6, 6.07) is 16.8. The zero-order valence-corrected chi connectivity index (χ0v) is 19.0. The van der Waals surface area contributed by atoms with Crippen LogP contribution < -0.4 is 20.7 Å². The van der Waals surface area contributed by atoms with Crippen LogP contribution in [0.25, 0.3) is 0 Å². The van der Waals surface area contributed by atoms with Crippen molar-refractivity contribution in [2.24, 2.45) is 0 Å². The minimum absolute atomic E-state index is 0.00645. The molecule has 0 fully saturated rings. The summed E-state index contributed by atoms with van der Waals surface area (Å²) in [5.74, 6) is -2.10. The van der Waals surface area contributed by atoms with Gasteiger partial charge < -0.3 is 20.7 Å². The third-order valence-corrected chi connectivity index (χ3v) is 5.17. The first-order valence-electron chi connectivity index (χ1n) is 10.8. The molecule has 2 amide bonds. The van der Waals surface area contributed by atoms with E-state index in [1.165, 1.54) is 6.07 Å². The molecule has 0 aliphatic heterocycles. The molecule has 0 bridgehead atoms. The molecule has 0 saturated heterocycles. The van der Waals surface area contributed by atoms with E-state index in [0.29, 0.717) is 24.2 Å². The van der Waals surface area contributed by atoms with Gasteiger partial charge in [-0.25, -0.2) is 8.78 Å². The maximum atomic E-state index is 13.7. The number of nitrogens with one attached hydrogen (secondary N) is 3. The van der Waals surface area contributed by atoms with Crippen LogP contribution in [-0.4, -0.2) is 38.1 Å². The van der Waals surface area contributed by atoms with E-state index in [4.69, 9.17) is 4.74 Å². The average molecular weight is 468 g/mol. The zero-order valence-electron chi connectivity index (χ0n) is 19.0. The summed E-state index contributed by atoms with van der Waals surface area (Å²) in [5, 5.41) is 8.67. The van der Waals surface area contributed by atoms with E-state index in [2.05, 4.69) is 16.0 Å². The van der Waals surface area contributed by atoms with Crippen LogP contribution in [0.2, 0.25) is 0 Å². The van der Waals surface area contributed by atoms with E-state index in [1.54, 1.807) is 25.3 Å². The second-order valence-corrected chi connectivity index (χ2v) is 7.79. The van der Waals surface area contributed by atoms with Crippen molar-refractivity contribution in [3.8, 4) is 5.75 Å². The Bertz CT molecular complexity index is 1140. The number of anilines is 1. The fraction of sp³-hybridized carbons (Fsp3) is 0.231. The van der Waals surface area contributed by atoms with Crippen LogP contribution in [0, 0.1) is 18.6 Å². The number of rotatable bonds is 10. The third-order valence-electron chi connectivity index (χ3n) is 5.17. The minimum Gasteiger partial charge on any atom is -0.497 e. The summed E-state index contributed by atoms with van der Waals surface area (Å²) in [5.41, 5.74) is 2.56. The lowest BCUT2D eigenvalue weighted by Crippen LogP contribution is -2.48. The van der Waals surface area contributed by atoms with Crippen molar-refractivity contribution in [2.45, 2.75) is 19.4 Å². The van der Waals surface area contributed by atoms with Gasteiger partial charge in [-0.3, -0.25) is 9.59 Å². The number of hydrogen-bond acceptors (Lipinski definition) is 4. The SMILES string of the molecule is COc1ccc(NCCNC(=O)[C@H](Cc2ccc(F)c(F)c2)NC(=O)c2cccc(C)c2)cc1. The smallest absolute Gasteiger partial charge is 0.251 e. The van der Waals surface area contributed by atoms with Crippen molar-refractivity contribution in [3.05, 3.63) is 95.1 Å². The lowest BCUT2D eigenvalue weighted by atomic mass is 10.0.